The van der Waals surface area contributed by atoms with Crippen LogP contribution in [0, 0.1) is 5.92 Å². The van der Waals surface area contributed by atoms with Crippen LogP contribution >= 0.6 is 0 Å². The van der Waals surface area contributed by atoms with Crippen molar-refractivity contribution in [2.75, 3.05) is 26.7 Å². The first kappa shape index (κ1) is 17.0. The van der Waals surface area contributed by atoms with Crippen molar-refractivity contribution in [2.24, 2.45) is 5.92 Å². The average Bonchev–Trinajstić information content (AvgIpc) is 2.66. The average molecular weight is 324 g/mol. The molecular weight excluding hydrogens is 305 g/mol. The summed E-state index contributed by atoms with van der Waals surface area (Å²) in [6.45, 7) is 1.68. The second kappa shape index (κ2) is 5.69. The molecule has 0 aromatic carbocycles. The van der Waals surface area contributed by atoms with Crippen molar-refractivity contribution in [3.8, 4) is 0 Å². The van der Waals surface area contributed by atoms with Crippen molar-refractivity contribution >= 4 is 11.9 Å². The summed E-state index contributed by atoms with van der Waals surface area (Å²) in [6, 6.07) is -2.37. The summed E-state index contributed by atoms with van der Waals surface area (Å²) in [5, 5.41) is 10.6. The molecular formula is C13H19F3N2O4. The number of rotatable bonds is 3. The van der Waals surface area contributed by atoms with Gasteiger partial charge in [0.05, 0.1) is 7.11 Å². The zero-order valence-electron chi connectivity index (χ0n) is 12.4. The lowest BCUT2D eigenvalue weighted by Crippen LogP contribution is -2.62. The molecule has 2 heterocycles. The molecule has 0 radical (unpaired) electrons. The summed E-state index contributed by atoms with van der Waals surface area (Å²) >= 11 is 0. The van der Waals surface area contributed by atoms with Gasteiger partial charge < -0.3 is 14.7 Å². The SMILES string of the molecule is CCN1C(=O)C[C@H]2CN(C(C(=O)OC)C(F)(F)F)CC[C@]21O. The molecule has 3 atom stereocenters. The number of likely N-dealkylation sites (tertiary alicyclic amines) is 2. The Hall–Kier alpha value is -1.35. The number of ether oxygens (including phenoxy) is 1. The first-order chi connectivity index (χ1) is 10.1. The molecule has 0 aliphatic carbocycles. The first-order valence-corrected chi connectivity index (χ1v) is 7.06. The van der Waals surface area contributed by atoms with Crippen molar-refractivity contribution in [3.05, 3.63) is 0 Å². The van der Waals surface area contributed by atoms with Gasteiger partial charge in [0.25, 0.3) is 0 Å². The summed E-state index contributed by atoms with van der Waals surface area (Å²) in [6.07, 6.45) is -4.82. The maximum Gasteiger partial charge on any atom is 0.414 e. The summed E-state index contributed by atoms with van der Waals surface area (Å²) in [5.41, 5.74) is -1.42. The van der Waals surface area contributed by atoms with E-state index in [-0.39, 0.29) is 31.8 Å². The molecule has 2 aliphatic rings. The Balaban J connectivity index is 2.21. The molecule has 0 spiro atoms. The zero-order chi connectivity index (χ0) is 16.7. The minimum absolute atomic E-state index is 0.0212. The van der Waals surface area contributed by atoms with Gasteiger partial charge in [0, 0.05) is 38.4 Å². The summed E-state index contributed by atoms with van der Waals surface area (Å²) in [7, 11) is 0.902. The fourth-order valence-electron chi connectivity index (χ4n) is 3.44. The van der Waals surface area contributed by atoms with Gasteiger partial charge in [-0.3, -0.25) is 9.69 Å². The van der Waals surface area contributed by atoms with Gasteiger partial charge in [-0.25, -0.2) is 4.79 Å². The monoisotopic (exact) mass is 324 g/mol. The van der Waals surface area contributed by atoms with Crippen LogP contribution in [0.4, 0.5) is 13.2 Å². The van der Waals surface area contributed by atoms with E-state index in [1.165, 1.54) is 4.90 Å². The highest BCUT2D eigenvalue weighted by Gasteiger charge is 2.58. The van der Waals surface area contributed by atoms with Crippen LogP contribution in [0.2, 0.25) is 0 Å². The van der Waals surface area contributed by atoms with Gasteiger partial charge in [0.15, 0.2) is 0 Å². The van der Waals surface area contributed by atoms with E-state index >= 15 is 0 Å². The molecule has 0 aromatic heterocycles. The molecule has 2 aliphatic heterocycles. The standard InChI is InChI=1S/C13H19F3N2O4/c1-3-18-9(19)6-8-7-17(5-4-12(8,18)21)10(11(20)22-2)13(14,15)16/h8,10,21H,3-7H2,1-2H3/t8-,10?,12-/m0/s1. The number of esters is 1. The number of hydrogen-bond acceptors (Lipinski definition) is 5. The molecule has 9 heteroatoms. The number of amides is 1. The van der Waals surface area contributed by atoms with Crippen LogP contribution in [-0.4, -0.2) is 71.5 Å². The third kappa shape index (κ3) is 2.67. The Morgan fingerprint density at radius 2 is 2.18 bits per heavy atom. The normalized spacial score (nSPS) is 31.1. The topological polar surface area (TPSA) is 70.1 Å². The Morgan fingerprint density at radius 3 is 2.68 bits per heavy atom. The van der Waals surface area contributed by atoms with Gasteiger partial charge in [-0.05, 0) is 6.92 Å². The van der Waals surface area contributed by atoms with Crippen LogP contribution in [0.1, 0.15) is 19.8 Å². The molecule has 2 fully saturated rings. The summed E-state index contributed by atoms with van der Waals surface area (Å²) in [4.78, 5) is 25.6. The van der Waals surface area contributed by atoms with E-state index in [2.05, 4.69) is 4.74 Å². The van der Waals surface area contributed by atoms with Crippen LogP contribution in [0.25, 0.3) is 0 Å². The highest BCUT2D eigenvalue weighted by molar-refractivity contribution is 5.80. The molecule has 22 heavy (non-hydrogen) atoms. The van der Waals surface area contributed by atoms with Gasteiger partial charge in [-0.1, -0.05) is 0 Å². The number of aliphatic hydroxyl groups is 1. The molecule has 1 unspecified atom stereocenters. The number of carbonyl (C=O) groups is 2. The van der Waals surface area contributed by atoms with E-state index in [0.29, 0.717) is 6.54 Å². The number of fused-ring (bicyclic) bond motifs is 1. The van der Waals surface area contributed by atoms with Gasteiger partial charge in [-0.15, -0.1) is 0 Å². The summed E-state index contributed by atoms with van der Waals surface area (Å²) in [5.74, 6) is -2.31. The lowest BCUT2D eigenvalue weighted by atomic mass is 9.88. The van der Waals surface area contributed by atoms with E-state index in [0.717, 1.165) is 12.0 Å². The molecule has 2 saturated heterocycles. The van der Waals surface area contributed by atoms with E-state index in [1.54, 1.807) is 6.92 Å². The van der Waals surface area contributed by atoms with Crippen LogP contribution in [0.3, 0.4) is 0 Å². The Morgan fingerprint density at radius 1 is 1.55 bits per heavy atom. The fourth-order valence-corrected chi connectivity index (χ4v) is 3.44. The van der Waals surface area contributed by atoms with Crippen molar-refractivity contribution in [1.82, 2.24) is 9.80 Å². The Kier molecular flexibility index (Phi) is 4.40. The van der Waals surface area contributed by atoms with E-state index in [1.807, 2.05) is 0 Å². The molecule has 0 aromatic rings. The second-order valence-corrected chi connectivity index (χ2v) is 5.63. The number of nitrogens with zero attached hydrogens (tertiary/aromatic N) is 2. The Bertz CT molecular complexity index is 471. The van der Waals surface area contributed by atoms with Crippen LogP contribution in [0.5, 0.6) is 0 Å². The molecule has 126 valence electrons. The third-order valence-corrected chi connectivity index (χ3v) is 4.48. The number of halogens is 3. The zero-order valence-corrected chi connectivity index (χ0v) is 12.4. The minimum atomic E-state index is -4.77. The van der Waals surface area contributed by atoms with Crippen molar-refractivity contribution in [3.63, 3.8) is 0 Å². The largest absolute Gasteiger partial charge is 0.468 e. The van der Waals surface area contributed by atoms with E-state index in [4.69, 9.17) is 0 Å². The van der Waals surface area contributed by atoms with Crippen LogP contribution in [-0.2, 0) is 14.3 Å². The molecule has 1 N–H and O–H groups in total. The van der Waals surface area contributed by atoms with Gasteiger partial charge >= 0.3 is 12.1 Å². The number of carbonyl (C=O) groups excluding carboxylic acids is 2. The van der Waals surface area contributed by atoms with E-state index in [9.17, 15) is 27.9 Å². The maximum atomic E-state index is 13.1. The number of hydrogen-bond donors (Lipinski definition) is 1. The maximum absolute atomic E-state index is 13.1. The minimum Gasteiger partial charge on any atom is -0.468 e. The number of methoxy groups -OCH3 is 1. The lowest BCUT2D eigenvalue weighted by Gasteiger charge is -2.45. The molecule has 2 rings (SSSR count). The lowest BCUT2D eigenvalue weighted by molar-refractivity contribution is -0.217. The highest BCUT2D eigenvalue weighted by atomic mass is 19.4. The molecule has 0 saturated carbocycles. The van der Waals surface area contributed by atoms with Crippen molar-refractivity contribution < 1.29 is 32.6 Å². The Labute approximate surface area is 125 Å². The third-order valence-electron chi connectivity index (χ3n) is 4.48. The van der Waals surface area contributed by atoms with Crippen molar-refractivity contribution in [2.45, 2.75) is 37.7 Å². The van der Waals surface area contributed by atoms with Gasteiger partial charge in [0.2, 0.25) is 11.9 Å². The van der Waals surface area contributed by atoms with E-state index < -0.39 is 29.8 Å². The molecule has 1 amide bonds. The predicted molar refractivity (Wildman–Crippen MR) is 68.5 cm³/mol. The smallest absolute Gasteiger partial charge is 0.414 e. The van der Waals surface area contributed by atoms with Crippen molar-refractivity contribution in [1.29, 1.82) is 0 Å². The number of alkyl halides is 3. The fraction of sp³-hybridized carbons (Fsp3) is 0.846. The van der Waals surface area contributed by atoms with Crippen LogP contribution < -0.4 is 0 Å². The highest BCUT2D eigenvalue weighted by Crippen LogP contribution is 2.41. The molecule has 6 nitrogen and oxygen atoms in total. The van der Waals surface area contributed by atoms with Crippen LogP contribution in [0.15, 0.2) is 0 Å². The van der Waals surface area contributed by atoms with Gasteiger partial charge in [0.1, 0.15) is 5.72 Å². The van der Waals surface area contributed by atoms with Gasteiger partial charge in [-0.2, -0.15) is 13.2 Å². The summed E-state index contributed by atoms with van der Waals surface area (Å²) < 4.78 is 43.6. The number of piperidine rings is 1. The quantitative estimate of drug-likeness (QED) is 0.759. The molecule has 0 bridgehead atoms. The second-order valence-electron chi connectivity index (χ2n) is 5.63. The predicted octanol–water partition coefficient (Wildman–Crippen LogP) is 0.353. The first-order valence-electron chi connectivity index (χ1n) is 7.06.